The van der Waals surface area contributed by atoms with Gasteiger partial charge in [0.2, 0.25) is 0 Å². The van der Waals surface area contributed by atoms with Crippen LogP contribution in [0.25, 0.3) is 0 Å². The van der Waals surface area contributed by atoms with Crippen LogP contribution in [0.2, 0.25) is 0 Å². The molecule has 0 amide bonds. The number of fused-ring (bicyclic) bond motifs is 2. The molecule has 0 radical (unpaired) electrons. The largest absolute Gasteiger partial charge is 0.493 e. The van der Waals surface area contributed by atoms with Crippen molar-refractivity contribution in [2.45, 2.75) is 25.7 Å². The van der Waals surface area contributed by atoms with Gasteiger partial charge in [-0.2, -0.15) is 0 Å². The SMILES string of the molecule is O=C1CCC2CC=C3OCCC3=C12. The molecular weight excluding hydrogens is 164 g/mol. The molecule has 3 rings (SSSR count). The van der Waals surface area contributed by atoms with E-state index in [1.54, 1.807) is 0 Å². The van der Waals surface area contributed by atoms with Crippen LogP contribution in [0.3, 0.4) is 0 Å². The van der Waals surface area contributed by atoms with Crippen molar-refractivity contribution in [1.82, 2.24) is 0 Å². The van der Waals surface area contributed by atoms with Gasteiger partial charge in [0.1, 0.15) is 5.76 Å². The zero-order valence-electron chi connectivity index (χ0n) is 7.51. The highest BCUT2D eigenvalue weighted by Gasteiger charge is 2.36. The molecule has 2 aliphatic carbocycles. The Hall–Kier alpha value is -1.05. The molecule has 0 aromatic carbocycles. The summed E-state index contributed by atoms with van der Waals surface area (Å²) in [6, 6.07) is 0. The van der Waals surface area contributed by atoms with Crippen molar-refractivity contribution >= 4 is 5.78 Å². The van der Waals surface area contributed by atoms with Crippen LogP contribution in [0.15, 0.2) is 23.0 Å². The van der Waals surface area contributed by atoms with Crippen LogP contribution in [0, 0.1) is 5.92 Å². The molecule has 68 valence electrons. The maximum atomic E-state index is 11.6. The lowest BCUT2D eigenvalue weighted by Crippen LogP contribution is -2.09. The molecule has 1 aliphatic heterocycles. The zero-order valence-corrected chi connectivity index (χ0v) is 7.51. The fourth-order valence-electron chi connectivity index (χ4n) is 2.63. The monoisotopic (exact) mass is 176 g/mol. The molecular formula is C11H12O2. The second kappa shape index (κ2) is 2.47. The Balaban J connectivity index is 2.13. The van der Waals surface area contributed by atoms with Crippen molar-refractivity contribution in [2.75, 3.05) is 6.61 Å². The molecule has 1 heterocycles. The van der Waals surface area contributed by atoms with Crippen molar-refractivity contribution < 1.29 is 9.53 Å². The highest BCUT2D eigenvalue weighted by atomic mass is 16.5. The van der Waals surface area contributed by atoms with E-state index in [0.717, 1.165) is 43.6 Å². The lowest BCUT2D eigenvalue weighted by molar-refractivity contribution is -0.114. The first-order chi connectivity index (χ1) is 6.36. The molecule has 2 nitrogen and oxygen atoms in total. The van der Waals surface area contributed by atoms with Gasteiger partial charge in [0.05, 0.1) is 6.61 Å². The number of carbonyl (C=O) groups is 1. The van der Waals surface area contributed by atoms with Gasteiger partial charge in [-0.3, -0.25) is 4.79 Å². The molecule has 1 unspecified atom stereocenters. The molecule has 0 bridgehead atoms. The van der Waals surface area contributed by atoms with Crippen LogP contribution >= 0.6 is 0 Å². The molecule has 0 spiro atoms. The second-order valence-electron chi connectivity index (χ2n) is 3.95. The van der Waals surface area contributed by atoms with Gasteiger partial charge in [0.25, 0.3) is 0 Å². The van der Waals surface area contributed by atoms with Gasteiger partial charge in [-0.15, -0.1) is 0 Å². The van der Waals surface area contributed by atoms with E-state index in [-0.39, 0.29) is 0 Å². The second-order valence-corrected chi connectivity index (χ2v) is 3.95. The predicted octanol–water partition coefficient (Wildman–Crippen LogP) is 1.97. The number of hydrogen-bond donors (Lipinski definition) is 0. The summed E-state index contributed by atoms with van der Waals surface area (Å²) in [6.07, 6.45) is 5.94. The Bertz CT molecular complexity index is 336. The molecule has 2 fully saturated rings. The number of allylic oxidation sites excluding steroid dienone is 3. The molecule has 13 heavy (non-hydrogen) atoms. The van der Waals surface area contributed by atoms with Crippen LogP contribution in [0.4, 0.5) is 0 Å². The van der Waals surface area contributed by atoms with Crippen molar-refractivity contribution in [3.8, 4) is 0 Å². The van der Waals surface area contributed by atoms with Crippen molar-refractivity contribution in [3.63, 3.8) is 0 Å². The molecule has 0 aromatic heterocycles. The van der Waals surface area contributed by atoms with E-state index in [2.05, 4.69) is 6.08 Å². The number of carbonyl (C=O) groups excluding carboxylic acids is 1. The zero-order chi connectivity index (χ0) is 8.84. The minimum atomic E-state index is 0.371. The average molecular weight is 176 g/mol. The molecule has 2 heteroatoms. The van der Waals surface area contributed by atoms with Crippen LogP contribution in [-0.4, -0.2) is 12.4 Å². The standard InChI is InChI=1S/C11H12O2/c12-9-3-1-7-2-4-10-8(11(7)9)5-6-13-10/h4,7H,1-3,5-6H2. The summed E-state index contributed by atoms with van der Waals surface area (Å²) in [7, 11) is 0. The van der Waals surface area contributed by atoms with Gasteiger partial charge in [0.15, 0.2) is 5.78 Å². The van der Waals surface area contributed by atoms with Gasteiger partial charge >= 0.3 is 0 Å². The Morgan fingerprint density at radius 2 is 2.31 bits per heavy atom. The fraction of sp³-hybridized carbons (Fsp3) is 0.545. The summed E-state index contributed by atoms with van der Waals surface area (Å²) in [5.74, 6) is 1.89. The summed E-state index contributed by atoms with van der Waals surface area (Å²) < 4.78 is 5.46. The molecule has 1 saturated heterocycles. The lowest BCUT2D eigenvalue weighted by atomic mass is 9.88. The van der Waals surface area contributed by atoms with E-state index in [0.29, 0.717) is 11.7 Å². The maximum Gasteiger partial charge on any atom is 0.159 e. The summed E-state index contributed by atoms with van der Waals surface area (Å²) >= 11 is 0. The van der Waals surface area contributed by atoms with Crippen LogP contribution in [0.1, 0.15) is 25.7 Å². The normalized spacial score (nSPS) is 31.2. The van der Waals surface area contributed by atoms with E-state index in [9.17, 15) is 4.79 Å². The van der Waals surface area contributed by atoms with Crippen molar-refractivity contribution in [2.24, 2.45) is 5.92 Å². The highest BCUT2D eigenvalue weighted by Crippen LogP contribution is 2.42. The summed E-state index contributed by atoms with van der Waals surface area (Å²) in [4.78, 5) is 11.6. The van der Waals surface area contributed by atoms with E-state index < -0.39 is 0 Å². The number of rotatable bonds is 0. The van der Waals surface area contributed by atoms with Gasteiger partial charge < -0.3 is 4.74 Å². The Morgan fingerprint density at radius 1 is 1.38 bits per heavy atom. The third-order valence-corrected chi connectivity index (χ3v) is 3.25. The van der Waals surface area contributed by atoms with Gasteiger partial charge in [-0.1, -0.05) is 0 Å². The van der Waals surface area contributed by atoms with Gasteiger partial charge in [0, 0.05) is 24.0 Å². The number of ketones is 1. The van der Waals surface area contributed by atoms with Crippen molar-refractivity contribution in [3.05, 3.63) is 23.0 Å². The van der Waals surface area contributed by atoms with E-state index in [4.69, 9.17) is 4.74 Å². The highest BCUT2D eigenvalue weighted by molar-refractivity contribution is 5.99. The molecule has 0 aromatic rings. The van der Waals surface area contributed by atoms with Crippen LogP contribution in [0.5, 0.6) is 0 Å². The van der Waals surface area contributed by atoms with Gasteiger partial charge in [-0.25, -0.2) is 0 Å². The third-order valence-electron chi connectivity index (χ3n) is 3.25. The number of Topliss-reactive ketones (excluding diaryl/α,β-unsaturated/α-hetero) is 1. The predicted molar refractivity (Wildman–Crippen MR) is 48.0 cm³/mol. The quantitative estimate of drug-likeness (QED) is 0.564. The first-order valence-corrected chi connectivity index (χ1v) is 4.96. The van der Waals surface area contributed by atoms with E-state index in [1.165, 1.54) is 5.57 Å². The van der Waals surface area contributed by atoms with Crippen molar-refractivity contribution in [1.29, 1.82) is 0 Å². The molecule has 1 atom stereocenters. The molecule has 3 aliphatic rings. The van der Waals surface area contributed by atoms with E-state index >= 15 is 0 Å². The first kappa shape index (κ1) is 7.36. The smallest absolute Gasteiger partial charge is 0.159 e. The summed E-state index contributed by atoms with van der Waals surface area (Å²) in [5, 5.41) is 0. The third kappa shape index (κ3) is 0.916. The fourth-order valence-corrected chi connectivity index (χ4v) is 2.63. The Kier molecular flexibility index (Phi) is 1.40. The Morgan fingerprint density at radius 3 is 3.23 bits per heavy atom. The maximum absolute atomic E-state index is 11.6. The van der Waals surface area contributed by atoms with Crippen LogP contribution in [-0.2, 0) is 9.53 Å². The molecule has 1 saturated carbocycles. The number of ether oxygens (including phenoxy) is 1. The first-order valence-electron chi connectivity index (χ1n) is 4.96. The number of hydrogen-bond acceptors (Lipinski definition) is 2. The van der Waals surface area contributed by atoms with E-state index in [1.807, 2.05) is 0 Å². The van der Waals surface area contributed by atoms with Crippen LogP contribution < -0.4 is 0 Å². The molecule has 0 N–H and O–H groups in total. The minimum absolute atomic E-state index is 0.371. The topological polar surface area (TPSA) is 26.3 Å². The minimum Gasteiger partial charge on any atom is -0.493 e. The van der Waals surface area contributed by atoms with Gasteiger partial charge in [-0.05, 0) is 24.8 Å². The average Bonchev–Trinajstić information content (AvgIpc) is 2.70. The summed E-state index contributed by atoms with van der Waals surface area (Å²) in [6.45, 7) is 0.769. The summed E-state index contributed by atoms with van der Waals surface area (Å²) in [5.41, 5.74) is 2.33. The Labute approximate surface area is 77.3 Å². The lowest BCUT2D eigenvalue weighted by Gasteiger charge is -2.16.